The highest BCUT2D eigenvalue weighted by molar-refractivity contribution is 5.78. The molecule has 1 saturated carbocycles. The first-order valence-electron chi connectivity index (χ1n) is 7.45. The molecule has 98 valence electrons. The van der Waals surface area contributed by atoms with E-state index in [9.17, 15) is 4.79 Å². The van der Waals surface area contributed by atoms with Gasteiger partial charge in [-0.2, -0.15) is 0 Å². The largest absolute Gasteiger partial charge is 0.342 e. The van der Waals surface area contributed by atoms with Crippen LogP contribution in [0, 0.1) is 17.8 Å². The van der Waals surface area contributed by atoms with Gasteiger partial charge in [-0.05, 0) is 24.7 Å². The lowest BCUT2D eigenvalue weighted by atomic mass is 9.83. The fourth-order valence-corrected chi connectivity index (χ4v) is 3.47. The first-order valence-corrected chi connectivity index (χ1v) is 7.45. The Morgan fingerprint density at radius 1 is 1.24 bits per heavy atom. The minimum atomic E-state index is 0.253. The van der Waals surface area contributed by atoms with Crippen molar-refractivity contribution in [3.05, 3.63) is 0 Å². The first kappa shape index (κ1) is 12.9. The molecule has 0 aromatic rings. The molecule has 0 N–H and O–H groups in total. The lowest BCUT2D eigenvalue weighted by molar-refractivity contribution is -0.134. The van der Waals surface area contributed by atoms with Crippen molar-refractivity contribution in [3.8, 4) is 0 Å². The molecule has 2 heteroatoms. The molecule has 0 aromatic carbocycles. The van der Waals surface area contributed by atoms with Crippen LogP contribution in [0.15, 0.2) is 0 Å². The molecule has 0 radical (unpaired) electrons. The Morgan fingerprint density at radius 2 is 1.94 bits per heavy atom. The van der Waals surface area contributed by atoms with E-state index in [0.29, 0.717) is 11.8 Å². The lowest BCUT2D eigenvalue weighted by Crippen LogP contribution is -2.34. The van der Waals surface area contributed by atoms with Crippen molar-refractivity contribution in [1.82, 2.24) is 4.90 Å². The van der Waals surface area contributed by atoms with E-state index in [1.807, 2.05) is 0 Å². The molecule has 1 amide bonds. The van der Waals surface area contributed by atoms with Gasteiger partial charge >= 0.3 is 0 Å². The van der Waals surface area contributed by atoms with Crippen LogP contribution in [-0.2, 0) is 4.79 Å². The first-order chi connectivity index (χ1) is 8.16. The van der Waals surface area contributed by atoms with Gasteiger partial charge in [0.25, 0.3) is 0 Å². The number of hydrogen-bond donors (Lipinski definition) is 0. The Bertz CT molecular complexity index is 258. The normalized spacial score (nSPS) is 28.4. The van der Waals surface area contributed by atoms with Crippen LogP contribution in [0.5, 0.6) is 0 Å². The highest BCUT2D eigenvalue weighted by atomic mass is 16.2. The number of amides is 1. The van der Waals surface area contributed by atoms with Gasteiger partial charge in [0.2, 0.25) is 5.91 Å². The predicted molar refractivity (Wildman–Crippen MR) is 70.7 cm³/mol. The van der Waals surface area contributed by atoms with E-state index in [1.165, 1.54) is 38.5 Å². The summed E-state index contributed by atoms with van der Waals surface area (Å²) in [6.45, 7) is 6.38. The zero-order valence-corrected chi connectivity index (χ0v) is 11.5. The van der Waals surface area contributed by atoms with Crippen molar-refractivity contribution in [2.45, 2.75) is 58.8 Å². The maximum absolute atomic E-state index is 12.3. The van der Waals surface area contributed by atoms with Gasteiger partial charge in [0.15, 0.2) is 0 Å². The summed E-state index contributed by atoms with van der Waals surface area (Å²) in [6, 6.07) is 0. The van der Waals surface area contributed by atoms with Gasteiger partial charge in [-0.15, -0.1) is 0 Å². The molecular formula is C15H27NO. The number of rotatable bonds is 3. The van der Waals surface area contributed by atoms with E-state index >= 15 is 0 Å². The maximum Gasteiger partial charge on any atom is 0.225 e. The SMILES string of the molecule is CC1CCN(C(=O)C(C)CC2CCCCC2)C1. The molecular weight excluding hydrogens is 210 g/mol. The molecule has 0 aromatic heterocycles. The standard InChI is InChI=1S/C15H27NO/c1-12-8-9-16(11-12)15(17)13(2)10-14-6-4-3-5-7-14/h12-14H,3-11H2,1-2H3. The highest BCUT2D eigenvalue weighted by Gasteiger charge is 2.28. The zero-order valence-electron chi connectivity index (χ0n) is 11.5. The minimum absolute atomic E-state index is 0.253. The van der Waals surface area contributed by atoms with Crippen LogP contribution in [0.4, 0.5) is 0 Å². The van der Waals surface area contributed by atoms with Gasteiger partial charge in [-0.3, -0.25) is 4.79 Å². The van der Waals surface area contributed by atoms with Crippen molar-refractivity contribution >= 4 is 5.91 Å². The monoisotopic (exact) mass is 237 g/mol. The molecule has 2 atom stereocenters. The maximum atomic E-state index is 12.3. The van der Waals surface area contributed by atoms with E-state index in [4.69, 9.17) is 0 Å². The van der Waals surface area contributed by atoms with Crippen molar-refractivity contribution in [2.24, 2.45) is 17.8 Å². The van der Waals surface area contributed by atoms with E-state index in [2.05, 4.69) is 18.7 Å². The number of likely N-dealkylation sites (tertiary alicyclic amines) is 1. The highest BCUT2D eigenvalue weighted by Crippen LogP contribution is 2.30. The predicted octanol–water partition coefficient (Wildman–Crippen LogP) is 3.46. The minimum Gasteiger partial charge on any atom is -0.342 e. The molecule has 2 aliphatic rings. The fourth-order valence-electron chi connectivity index (χ4n) is 3.47. The molecule has 1 aliphatic carbocycles. The third-order valence-electron chi connectivity index (χ3n) is 4.57. The fraction of sp³-hybridized carbons (Fsp3) is 0.933. The summed E-state index contributed by atoms with van der Waals surface area (Å²) in [6.07, 6.45) is 9.20. The van der Waals surface area contributed by atoms with Crippen LogP contribution in [0.3, 0.4) is 0 Å². The van der Waals surface area contributed by atoms with Crippen LogP contribution >= 0.6 is 0 Å². The van der Waals surface area contributed by atoms with Crippen LogP contribution in [0.25, 0.3) is 0 Å². The molecule has 17 heavy (non-hydrogen) atoms. The molecule has 2 fully saturated rings. The van der Waals surface area contributed by atoms with Crippen LogP contribution in [-0.4, -0.2) is 23.9 Å². The smallest absolute Gasteiger partial charge is 0.225 e. The summed E-state index contributed by atoms with van der Waals surface area (Å²) < 4.78 is 0. The molecule has 2 nitrogen and oxygen atoms in total. The Labute approximate surface area is 106 Å². The third kappa shape index (κ3) is 3.46. The van der Waals surface area contributed by atoms with Crippen LogP contribution < -0.4 is 0 Å². The quantitative estimate of drug-likeness (QED) is 0.736. The Hall–Kier alpha value is -0.530. The third-order valence-corrected chi connectivity index (χ3v) is 4.57. The van der Waals surface area contributed by atoms with Gasteiger partial charge < -0.3 is 4.90 Å². The lowest BCUT2D eigenvalue weighted by Gasteiger charge is -2.26. The topological polar surface area (TPSA) is 20.3 Å². The average molecular weight is 237 g/mol. The number of carbonyl (C=O) groups is 1. The molecule has 1 heterocycles. The summed E-state index contributed by atoms with van der Waals surface area (Å²) in [5, 5.41) is 0. The number of carbonyl (C=O) groups excluding carboxylic acids is 1. The van der Waals surface area contributed by atoms with Crippen molar-refractivity contribution < 1.29 is 4.79 Å². The number of hydrogen-bond acceptors (Lipinski definition) is 1. The summed E-state index contributed by atoms with van der Waals surface area (Å²) >= 11 is 0. The molecule has 2 unspecified atom stereocenters. The summed E-state index contributed by atoms with van der Waals surface area (Å²) in [4.78, 5) is 14.4. The summed E-state index contributed by atoms with van der Waals surface area (Å²) in [7, 11) is 0. The van der Waals surface area contributed by atoms with E-state index in [0.717, 1.165) is 25.4 Å². The Kier molecular flexibility index (Phi) is 4.47. The van der Waals surface area contributed by atoms with E-state index in [1.54, 1.807) is 0 Å². The van der Waals surface area contributed by atoms with Gasteiger partial charge in [0.1, 0.15) is 0 Å². The van der Waals surface area contributed by atoms with Crippen LogP contribution in [0.1, 0.15) is 58.8 Å². The second kappa shape index (κ2) is 5.88. The summed E-state index contributed by atoms with van der Waals surface area (Å²) in [5.41, 5.74) is 0. The van der Waals surface area contributed by atoms with Gasteiger partial charge in [0, 0.05) is 19.0 Å². The molecule has 2 rings (SSSR count). The average Bonchev–Trinajstić information content (AvgIpc) is 2.76. The molecule has 1 aliphatic heterocycles. The van der Waals surface area contributed by atoms with Gasteiger partial charge in [-0.25, -0.2) is 0 Å². The number of nitrogens with zero attached hydrogens (tertiary/aromatic N) is 1. The van der Waals surface area contributed by atoms with Crippen molar-refractivity contribution in [3.63, 3.8) is 0 Å². The molecule has 0 spiro atoms. The Morgan fingerprint density at radius 3 is 2.53 bits per heavy atom. The molecule has 0 bridgehead atoms. The van der Waals surface area contributed by atoms with Crippen molar-refractivity contribution in [2.75, 3.05) is 13.1 Å². The molecule has 1 saturated heterocycles. The van der Waals surface area contributed by atoms with E-state index in [-0.39, 0.29) is 5.92 Å². The second-order valence-electron chi connectivity index (χ2n) is 6.32. The Balaban J connectivity index is 1.78. The van der Waals surface area contributed by atoms with Gasteiger partial charge in [-0.1, -0.05) is 46.0 Å². The van der Waals surface area contributed by atoms with Crippen molar-refractivity contribution in [1.29, 1.82) is 0 Å². The van der Waals surface area contributed by atoms with Crippen LogP contribution in [0.2, 0.25) is 0 Å². The van der Waals surface area contributed by atoms with Gasteiger partial charge in [0.05, 0.1) is 0 Å². The summed E-state index contributed by atoms with van der Waals surface area (Å²) in [5.74, 6) is 2.20. The van der Waals surface area contributed by atoms with E-state index < -0.39 is 0 Å². The zero-order chi connectivity index (χ0) is 12.3. The second-order valence-corrected chi connectivity index (χ2v) is 6.32.